The third-order valence-corrected chi connectivity index (χ3v) is 2.85. The van der Waals surface area contributed by atoms with E-state index in [0.717, 1.165) is 0 Å². The molecule has 0 saturated heterocycles. The van der Waals surface area contributed by atoms with Gasteiger partial charge in [0.05, 0.1) is 7.11 Å². The first-order chi connectivity index (χ1) is 10.4. The summed E-state index contributed by atoms with van der Waals surface area (Å²) in [6.07, 6.45) is -4.73. The van der Waals surface area contributed by atoms with Gasteiger partial charge >= 0.3 is 6.36 Å². The van der Waals surface area contributed by atoms with Gasteiger partial charge in [0, 0.05) is 23.9 Å². The van der Waals surface area contributed by atoms with Crippen LogP contribution >= 0.6 is 0 Å². The van der Waals surface area contributed by atoms with Crippen molar-refractivity contribution in [3.05, 3.63) is 48.0 Å². The van der Waals surface area contributed by atoms with Crippen LogP contribution in [0.5, 0.6) is 17.2 Å². The molecule has 4 nitrogen and oxygen atoms in total. The van der Waals surface area contributed by atoms with E-state index in [1.165, 1.54) is 25.3 Å². The number of hydrogen-bond donors (Lipinski definition) is 2. The van der Waals surface area contributed by atoms with Crippen molar-refractivity contribution in [2.24, 2.45) is 0 Å². The zero-order chi connectivity index (χ0) is 16.2. The molecule has 0 radical (unpaired) electrons. The molecule has 0 atom stereocenters. The molecule has 0 spiro atoms. The van der Waals surface area contributed by atoms with Gasteiger partial charge in [-0.3, -0.25) is 0 Å². The number of halogens is 3. The second-order valence-electron chi connectivity index (χ2n) is 4.40. The summed E-state index contributed by atoms with van der Waals surface area (Å²) in [6.45, 7) is 0.221. The van der Waals surface area contributed by atoms with E-state index in [4.69, 9.17) is 4.74 Å². The summed E-state index contributed by atoms with van der Waals surface area (Å²) in [5.41, 5.74) is 0.991. The maximum absolute atomic E-state index is 12.2. The lowest BCUT2D eigenvalue weighted by Crippen LogP contribution is -2.17. The minimum Gasteiger partial charge on any atom is -0.504 e. The Balaban J connectivity index is 2.07. The highest BCUT2D eigenvalue weighted by atomic mass is 19.4. The SMILES string of the molecule is COc1cccc(CNc2cccc(OC(F)(F)F)c2)c1O. The topological polar surface area (TPSA) is 50.7 Å². The average molecular weight is 313 g/mol. The highest BCUT2D eigenvalue weighted by Gasteiger charge is 2.31. The number of para-hydroxylation sites is 1. The number of rotatable bonds is 5. The van der Waals surface area contributed by atoms with E-state index in [-0.39, 0.29) is 18.0 Å². The maximum atomic E-state index is 12.2. The summed E-state index contributed by atoms with van der Waals surface area (Å²) < 4.78 is 45.3. The largest absolute Gasteiger partial charge is 0.573 e. The van der Waals surface area contributed by atoms with Crippen LogP contribution in [0.15, 0.2) is 42.5 Å². The first-order valence-corrected chi connectivity index (χ1v) is 6.33. The number of ether oxygens (including phenoxy) is 2. The van der Waals surface area contributed by atoms with Gasteiger partial charge in [-0.1, -0.05) is 18.2 Å². The number of methoxy groups -OCH3 is 1. The van der Waals surface area contributed by atoms with Gasteiger partial charge in [-0.15, -0.1) is 13.2 Å². The van der Waals surface area contributed by atoms with Crippen LogP contribution in [0.25, 0.3) is 0 Å². The molecule has 0 aromatic heterocycles. The van der Waals surface area contributed by atoms with Crippen LogP contribution in [-0.4, -0.2) is 18.6 Å². The highest BCUT2D eigenvalue weighted by molar-refractivity contribution is 5.51. The molecule has 2 aromatic carbocycles. The third kappa shape index (κ3) is 4.21. The van der Waals surface area contributed by atoms with Crippen molar-refractivity contribution in [1.82, 2.24) is 0 Å². The quantitative estimate of drug-likeness (QED) is 0.878. The van der Waals surface area contributed by atoms with Crippen molar-refractivity contribution in [2.45, 2.75) is 12.9 Å². The first-order valence-electron chi connectivity index (χ1n) is 6.33. The van der Waals surface area contributed by atoms with Crippen molar-refractivity contribution in [3.8, 4) is 17.2 Å². The highest BCUT2D eigenvalue weighted by Crippen LogP contribution is 2.30. The van der Waals surface area contributed by atoms with Crippen molar-refractivity contribution in [1.29, 1.82) is 0 Å². The third-order valence-electron chi connectivity index (χ3n) is 2.85. The maximum Gasteiger partial charge on any atom is 0.573 e. The smallest absolute Gasteiger partial charge is 0.504 e. The Morgan fingerprint density at radius 2 is 1.86 bits per heavy atom. The molecular weight excluding hydrogens is 299 g/mol. The Labute approximate surface area is 125 Å². The van der Waals surface area contributed by atoms with Crippen molar-refractivity contribution >= 4 is 5.69 Å². The number of nitrogens with one attached hydrogen (secondary N) is 1. The second-order valence-corrected chi connectivity index (χ2v) is 4.40. The van der Waals surface area contributed by atoms with Gasteiger partial charge in [0.25, 0.3) is 0 Å². The minimum atomic E-state index is -4.73. The van der Waals surface area contributed by atoms with Crippen LogP contribution in [0.2, 0.25) is 0 Å². The van der Waals surface area contributed by atoms with Crippen molar-refractivity contribution in [2.75, 3.05) is 12.4 Å². The Morgan fingerprint density at radius 3 is 2.55 bits per heavy atom. The van der Waals surface area contributed by atoms with E-state index in [2.05, 4.69) is 10.1 Å². The lowest BCUT2D eigenvalue weighted by atomic mass is 10.2. The monoisotopic (exact) mass is 313 g/mol. The number of alkyl halides is 3. The summed E-state index contributed by atoms with van der Waals surface area (Å²) in [5, 5.41) is 12.9. The van der Waals surface area contributed by atoms with Gasteiger partial charge in [0.15, 0.2) is 11.5 Å². The molecule has 0 unspecified atom stereocenters. The molecule has 7 heteroatoms. The van der Waals surface area contributed by atoms with E-state index in [0.29, 0.717) is 17.0 Å². The summed E-state index contributed by atoms with van der Waals surface area (Å²) >= 11 is 0. The molecule has 0 heterocycles. The number of phenolic OH excluding ortho intramolecular Hbond substituents is 1. The van der Waals surface area contributed by atoms with E-state index in [1.807, 2.05) is 0 Å². The summed E-state index contributed by atoms with van der Waals surface area (Å²) in [7, 11) is 1.43. The normalized spacial score (nSPS) is 11.1. The Morgan fingerprint density at radius 1 is 1.14 bits per heavy atom. The van der Waals surface area contributed by atoms with E-state index >= 15 is 0 Å². The molecule has 0 fully saturated rings. The average Bonchev–Trinajstić information content (AvgIpc) is 2.45. The number of hydrogen-bond acceptors (Lipinski definition) is 4. The van der Waals surface area contributed by atoms with Gasteiger partial charge < -0.3 is 19.9 Å². The molecule has 118 valence electrons. The fraction of sp³-hybridized carbons (Fsp3) is 0.200. The molecule has 0 saturated carbocycles. The molecule has 0 amide bonds. The van der Waals surface area contributed by atoms with Crippen LogP contribution < -0.4 is 14.8 Å². The Bertz CT molecular complexity index is 644. The zero-order valence-corrected chi connectivity index (χ0v) is 11.6. The molecule has 0 aliphatic rings. The van der Waals surface area contributed by atoms with Crippen molar-refractivity contribution < 1.29 is 27.8 Å². The summed E-state index contributed by atoms with van der Waals surface area (Å²) in [4.78, 5) is 0. The van der Waals surface area contributed by atoms with E-state index < -0.39 is 6.36 Å². The first kappa shape index (κ1) is 15.8. The molecular formula is C15H14F3NO3. The lowest BCUT2D eigenvalue weighted by Gasteiger charge is -2.12. The zero-order valence-electron chi connectivity index (χ0n) is 11.6. The predicted molar refractivity (Wildman–Crippen MR) is 75.1 cm³/mol. The molecule has 2 aromatic rings. The number of phenols is 1. The molecule has 0 aliphatic carbocycles. The van der Waals surface area contributed by atoms with Crippen LogP contribution in [0.4, 0.5) is 18.9 Å². The standard InChI is InChI=1S/C15H14F3NO3/c1-21-13-7-2-4-10(14(13)20)9-19-11-5-3-6-12(8-11)22-15(16,17)18/h2-8,19-20H,9H2,1H3. The molecule has 0 bridgehead atoms. The number of benzene rings is 2. The molecule has 0 aliphatic heterocycles. The molecule has 2 rings (SSSR count). The fourth-order valence-electron chi connectivity index (χ4n) is 1.88. The van der Waals surface area contributed by atoms with Gasteiger partial charge in [0.2, 0.25) is 0 Å². The number of aromatic hydroxyl groups is 1. The summed E-state index contributed by atoms with van der Waals surface area (Å²) in [5.74, 6) is 0.000941. The summed E-state index contributed by atoms with van der Waals surface area (Å²) in [6, 6.07) is 10.5. The lowest BCUT2D eigenvalue weighted by molar-refractivity contribution is -0.274. The van der Waals surface area contributed by atoms with Gasteiger partial charge in [-0.05, 0) is 18.2 Å². The van der Waals surface area contributed by atoms with Crippen molar-refractivity contribution in [3.63, 3.8) is 0 Å². The van der Waals surface area contributed by atoms with E-state index in [9.17, 15) is 18.3 Å². The molecule has 22 heavy (non-hydrogen) atoms. The Kier molecular flexibility index (Phi) is 4.65. The fourth-order valence-corrected chi connectivity index (χ4v) is 1.88. The van der Waals surface area contributed by atoms with Gasteiger partial charge in [-0.25, -0.2) is 0 Å². The van der Waals surface area contributed by atoms with Gasteiger partial charge in [0.1, 0.15) is 5.75 Å². The second kappa shape index (κ2) is 6.46. The van der Waals surface area contributed by atoms with Crippen LogP contribution in [0, 0.1) is 0 Å². The number of anilines is 1. The van der Waals surface area contributed by atoms with Crippen LogP contribution in [-0.2, 0) is 6.54 Å². The molecule has 2 N–H and O–H groups in total. The minimum absolute atomic E-state index is 0.0137. The Hall–Kier alpha value is -2.57. The van der Waals surface area contributed by atoms with Crippen LogP contribution in [0.3, 0.4) is 0 Å². The van der Waals surface area contributed by atoms with Crippen LogP contribution in [0.1, 0.15) is 5.56 Å². The predicted octanol–water partition coefficient (Wildman–Crippen LogP) is 3.91. The van der Waals surface area contributed by atoms with Gasteiger partial charge in [-0.2, -0.15) is 0 Å². The van der Waals surface area contributed by atoms with E-state index in [1.54, 1.807) is 24.3 Å².